The molecule has 0 bridgehead atoms. The van der Waals surface area contributed by atoms with Crippen LogP contribution in [0, 0.1) is 5.92 Å². The molecule has 2 rings (SSSR count). The molecule has 1 saturated heterocycles. The molecule has 7 nitrogen and oxygen atoms in total. The summed E-state index contributed by atoms with van der Waals surface area (Å²) in [5.41, 5.74) is 0.748. The highest BCUT2D eigenvalue weighted by Gasteiger charge is 2.34. The number of hydrogen-bond acceptors (Lipinski definition) is 4. The van der Waals surface area contributed by atoms with Crippen LogP contribution in [0.3, 0.4) is 0 Å². The van der Waals surface area contributed by atoms with Crippen LogP contribution in [0.5, 0.6) is 0 Å². The lowest BCUT2D eigenvalue weighted by Crippen LogP contribution is -2.42. The normalized spacial score (nSPS) is 19.6. The molecule has 1 fully saturated rings. The minimum atomic E-state index is -0.529. The number of nitrogens with one attached hydrogen (secondary N) is 1. The van der Waals surface area contributed by atoms with Crippen LogP contribution in [0.25, 0.3) is 0 Å². The van der Waals surface area contributed by atoms with E-state index in [1.165, 1.54) is 0 Å². The topological polar surface area (TPSA) is 76.5 Å². The Kier molecular flexibility index (Phi) is 5.05. The third-order valence-electron chi connectivity index (χ3n) is 3.61. The van der Waals surface area contributed by atoms with Crippen LogP contribution in [0.1, 0.15) is 33.6 Å². The van der Waals surface area contributed by atoms with Crippen molar-refractivity contribution in [3.05, 3.63) is 12.4 Å². The van der Waals surface area contributed by atoms with Gasteiger partial charge in [0.05, 0.1) is 11.9 Å². The minimum absolute atomic E-state index is 0.124. The number of carbonyl (C=O) groups excluding carboxylic acids is 2. The Morgan fingerprint density at radius 1 is 1.50 bits per heavy atom. The van der Waals surface area contributed by atoms with E-state index in [1.807, 2.05) is 6.92 Å². The Balaban J connectivity index is 1.86. The van der Waals surface area contributed by atoms with Crippen LogP contribution in [0.4, 0.5) is 10.5 Å². The summed E-state index contributed by atoms with van der Waals surface area (Å²) in [6.45, 7) is 6.57. The van der Waals surface area contributed by atoms with Crippen LogP contribution < -0.4 is 10.2 Å². The molecular weight excluding hydrogens is 284 g/mol. The fraction of sp³-hybridized carbons (Fsp3) is 0.667. The molecule has 2 heterocycles. The van der Waals surface area contributed by atoms with Gasteiger partial charge in [-0.3, -0.25) is 9.48 Å². The number of aryl methyl sites for hydroxylation is 1. The zero-order valence-electron chi connectivity index (χ0n) is 13.6. The van der Waals surface area contributed by atoms with Gasteiger partial charge in [0, 0.05) is 19.8 Å². The highest BCUT2D eigenvalue weighted by atomic mass is 16.6. The van der Waals surface area contributed by atoms with Gasteiger partial charge in [-0.05, 0) is 25.7 Å². The van der Waals surface area contributed by atoms with E-state index in [9.17, 15) is 9.59 Å². The Hall–Kier alpha value is -2.05. The summed E-state index contributed by atoms with van der Waals surface area (Å²) >= 11 is 0. The summed E-state index contributed by atoms with van der Waals surface area (Å²) in [5.74, 6) is 0.332. The van der Waals surface area contributed by atoms with Crippen molar-refractivity contribution in [2.45, 2.75) is 45.8 Å². The lowest BCUT2D eigenvalue weighted by atomic mass is 10.1. The molecule has 0 unspecified atom stereocenters. The summed E-state index contributed by atoms with van der Waals surface area (Å²) in [6, 6.07) is -0.529. The van der Waals surface area contributed by atoms with Crippen molar-refractivity contribution in [1.29, 1.82) is 0 Å². The molecule has 2 atom stereocenters. The fourth-order valence-electron chi connectivity index (χ4n) is 2.69. The second-order valence-corrected chi connectivity index (χ2v) is 6.19. The number of rotatable bonds is 5. The van der Waals surface area contributed by atoms with Gasteiger partial charge < -0.3 is 15.0 Å². The van der Waals surface area contributed by atoms with Gasteiger partial charge in [-0.1, -0.05) is 13.8 Å². The molecule has 1 aliphatic rings. The van der Waals surface area contributed by atoms with Gasteiger partial charge in [-0.2, -0.15) is 5.10 Å². The van der Waals surface area contributed by atoms with E-state index in [-0.39, 0.29) is 12.0 Å². The van der Waals surface area contributed by atoms with Crippen LogP contribution >= 0.6 is 0 Å². The molecule has 7 heteroatoms. The standard InChI is InChI=1S/C15H24N4O3/c1-10(2)7-11(3)22-15(21)17-13-5-6-19(14(13)20)12-8-16-18(4)9-12/h8-11,13H,5-7H2,1-4H3,(H,17,21)/t11-,13+/m1/s1. The van der Waals surface area contributed by atoms with Gasteiger partial charge in [-0.15, -0.1) is 0 Å². The molecular formula is C15H24N4O3. The lowest BCUT2D eigenvalue weighted by Gasteiger charge is -2.18. The molecule has 1 N–H and O–H groups in total. The van der Waals surface area contributed by atoms with Crippen LogP contribution in [-0.4, -0.2) is 40.5 Å². The average Bonchev–Trinajstić information content (AvgIpc) is 2.96. The summed E-state index contributed by atoms with van der Waals surface area (Å²) in [4.78, 5) is 25.8. The zero-order valence-corrected chi connectivity index (χ0v) is 13.6. The van der Waals surface area contributed by atoms with E-state index < -0.39 is 12.1 Å². The first-order valence-electron chi connectivity index (χ1n) is 7.64. The molecule has 0 aromatic carbocycles. The van der Waals surface area contributed by atoms with Crippen molar-refractivity contribution in [3.8, 4) is 0 Å². The maximum Gasteiger partial charge on any atom is 0.408 e. The number of hydrogen-bond donors (Lipinski definition) is 1. The first-order chi connectivity index (χ1) is 10.4. The van der Waals surface area contributed by atoms with E-state index in [0.717, 1.165) is 12.1 Å². The van der Waals surface area contributed by atoms with Crippen molar-refractivity contribution in [2.75, 3.05) is 11.4 Å². The molecule has 0 saturated carbocycles. The summed E-state index contributed by atoms with van der Waals surface area (Å²) in [5, 5.41) is 6.72. The smallest absolute Gasteiger partial charge is 0.408 e. The molecule has 0 spiro atoms. The number of ether oxygens (including phenoxy) is 1. The Morgan fingerprint density at radius 2 is 2.23 bits per heavy atom. The zero-order chi connectivity index (χ0) is 16.3. The van der Waals surface area contributed by atoms with Gasteiger partial charge in [0.25, 0.3) is 0 Å². The number of anilines is 1. The number of amides is 2. The molecule has 2 amide bonds. The molecule has 0 radical (unpaired) electrons. The Labute approximate surface area is 130 Å². The monoisotopic (exact) mass is 308 g/mol. The second kappa shape index (κ2) is 6.81. The van der Waals surface area contributed by atoms with E-state index >= 15 is 0 Å². The number of aromatic nitrogens is 2. The highest BCUT2D eigenvalue weighted by Crippen LogP contribution is 2.20. The van der Waals surface area contributed by atoms with Gasteiger partial charge in [0.1, 0.15) is 12.1 Å². The summed E-state index contributed by atoms with van der Waals surface area (Å²) in [7, 11) is 1.80. The minimum Gasteiger partial charge on any atom is -0.447 e. The predicted octanol–water partition coefficient (Wildman–Crippen LogP) is 1.69. The molecule has 122 valence electrons. The summed E-state index contributed by atoms with van der Waals surface area (Å²) in [6.07, 6.45) is 4.10. The van der Waals surface area contributed by atoms with E-state index in [0.29, 0.717) is 18.9 Å². The van der Waals surface area contributed by atoms with E-state index in [1.54, 1.807) is 29.0 Å². The largest absolute Gasteiger partial charge is 0.447 e. The van der Waals surface area contributed by atoms with Crippen molar-refractivity contribution >= 4 is 17.7 Å². The SMILES string of the molecule is CC(C)C[C@@H](C)OC(=O)N[C@H]1CCN(c2cnn(C)c2)C1=O. The maximum absolute atomic E-state index is 12.3. The second-order valence-electron chi connectivity index (χ2n) is 6.19. The number of nitrogens with zero attached hydrogens (tertiary/aromatic N) is 3. The third-order valence-corrected chi connectivity index (χ3v) is 3.61. The lowest BCUT2D eigenvalue weighted by molar-refractivity contribution is -0.118. The van der Waals surface area contributed by atoms with Crippen molar-refractivity contribution in [2.24, 2.45) is 13.0 Å². The number of alkyl carbamates (subject to hydrolysis) is 1. The van der Waals surface area contributed by atoms with Crippen LogP contribution in [-0.2, 0) is 16.6 Å². The van der Waals surface area contributed by atoms with Gasteiger partial charge >= 0.3 is 6.09 Å². The third kappa shape index (κ3) is 3.99. The molecule has 22 heavy (non-hydrogen) atoms. The molecule has 1 aromatic heterocycles. The fourth-order valence-corrected chi connectivity index (χ4v) is 2.69. The van der Waals surface area contributed by atoms with Crippen molar-refractivity contribution in [3.63, 3.8) is 0 Å². The molecule has 0 aliphatic carbocycles. The van der Waals surface area contributed by atoms with Crippen molar-refractivity contribution in [1.82, 2.24) is 15.1 Å². The van der Waals surface area contributed by atoms with Gasteiger partial charge in [-0.25, -0.2) is 4.79 Å². The van der Waals surface area contributed by atoms with Gasteiger partial charge in [0.15, 0.2) is 0 Å². The predicted molar refractivity (Wildman–Crippen MR) is 82.5 cm³/mol. The molecule has 1 aromatic rings. The van der Waals surface area contributed by atoms with E-state index in [4.69, 9.17) is 4.74 Å². The first-order valence-corrected chi connectivity index (χ1v) is 7.64. The highest BCUT2D eigenvalue weighted by molar-refractivity contribution is 6.00. The molecule has 1 aliphatic heterocycles. The number of carbonyl (C=O) groups is 2. The van der Waals surface area contributed by atoms with Crippen molar-refractivity contribution < 1.29 is 14.3 Å². The van der Waals surface area contributed by atoms with E-state index in [2.05, 4.69) is 24.3 Å². The van der Waals surface area contributed by atoms with Crippen LogP contribution in [0.15, 0.2) is 12.4 Å². The Morgan fingerprint density at radius 3 is 2.82 bits per heavy atom. The maximum atomic E-state index is 12.3. The Bertz CT molecular complexity index is 541. The first kappa shape index (κ1) is 16.3. The quantitative estimate of drug-likeness (QED) is 0.898. The van der Waals surface area contributed by atoms with Crippen LogP contribution in [0.2, 0.25) is 0 Å². The van der Waals surface area contributed by atoms with Gasteiger partial charge in [0.2, 0.25) is 5.91 Å². The average molecular weight is 308 g/mol. The summed E-state index contributed by atoms with van der Waals surface area (Å²) < 4.78 is 6.92.